The molecule has 0 radical (unpaired) electrons. The molecule has 0 unspecified atom stereocenters. The summed E-state index contributed by atoms with van der Waals surface area (Å²) < 4.78 is 0. The normalized spacial score (nSPS) is 10.5. The molecule has 0 bridgehead atoms. The average molecular weight is 230 g/mol. The van der Waals surface area contributed by atoms with Gasteiger partial charge in [-0.05, 0) is 31.0 Å². The third kappa shape index (κ3) is 1.91. The fourth-order valence-electron chi connectivity index (χ4n) is 1.94. The molecule has 3 heteroatoms. The van der Waals surface area contributed by atoms with Crippen molar-refractivity contribution in [1.82, 2.24) is 0 Å². The summed E-state index contributed by atoms with van der Waals surface area (Å²) in [5.41, 5.74) is 3.14. The zero-order chi connectivity index (χ0) is 12.6. The van der Waals surface area contributed by atoms with E-state index in [4.69, 9.17) is 0 Å². The van der Waals surface area contributed by atoms with Gasteiger partial charge >= 0.3 is 0 Å². The smallest absolute Gasteiger partial charge is 0.200 e. The summed E-state index contributed by atoms with van der Waals surface area (Å²) in [4.78, 5) is 0. The van der Waals surface area contributed by atoms with Gasteiger partial charge in [-0.15, -0.1) is 0 Å². The first-order valence-corrected chi connectivity index (χ1v) is 5.32. The third-order valence-electron chi connectivity index (χ3n) is 2.76. The van der Waals surface area contributed by atoms with Crippen LogP contribution < -0.4 is 0 Å². The molecule has 2 aromatic rings. The number of rotatable bonds is 1. The molecule has 88 valence electrons. The molecule has 2 aromatic carbocycles. The van der Waals surface area contributed by atoms with Gasteiger partial charge in [-0.1, -0.05) is 29.8 Å². The number of hydrogen-bond acceptors (Lipinski definition) is 3. The maximum Gasteiger partial charge on any atom is 0.200 e. The predicted molar refractivity (Wildman–Crippen MR) is 66.3 cm³/mol. The monoisotopic (exact) mass is 230 g/mol. The lowest BCUT2D eigenvalue weighted by molar-refractivity contribution is 0.368. The Balaban J connectivity index is 2.72. The third-order valence-corrected chi connectivity index (χ3v) is 2.76. The summed E-state index contributed by atoms with van der Waals surface area (Å²) in [6, 6.07) is 9.04. The Morgan fingerprint density at radius 2 is 1.59 bits per heavy atom. The van der Waals surface area contributed by atoms with Crippen LogP contribution in [0, 0.1) is 13.8 Å². The fraction of sp³-hybridized carbons (Fsp3) is 0.143. The van der Waals surface area contributed by atoms with Crippen LogP contribution in [0.5, 0.6) is 17.2 Å². The highest BCUT2D eigenvalue weighted by molar-refractivity contribution is 5.78. The Hall–Kier alpha value is -2.16. The molecule has 0 aromatic heterocycles. The quantitative estimate of drug-likeness (QED) is 0.660. The van der Waals surface area contributed by atoms with E-state index in [2.05, 4.69) is 0 Å². The van der Waals surface area contributed by atoms with Crippen molar-refractivity contribution in [3.05, 3.63) is 41.5 Å². The summed E-state index contributed by atoms with van der Waals surface area (Å²) in [6.45, 7) is 3.73. The molecule has 0 aliphatic heterocycles. The molecule has 0 spiro atoms. The van der Waals surface area contributed by atoms with E-state index in [-0.39, 0.29) is 11.5 Å². The van der Waals surface area contributed by atoms with E-state index in [0.717, 1.165) is 11.1 Å². The first-order chi connectivity index (χ1) is 8.00. The summed E-state index contributed by atoms with van der Waals surface area (Å²) in [5, 5.41) is 28.8. The van der Waals surface area contributed by atoms with Gasteiger partial charge in [0.15, 0.2) is 11.5 Å². The molecule has 0 aliphatic rings. The van der Waals surface area contributed by atoms with Gasteiger partial charge in [0.2, 0.25) is 5.75 Å². The zero-order valence-electron chi connectivity index (χ0n) is 9.73. The van der Waals surface area contributed by atoms with Gasteiger partial charge in [-0.3, -0.25) is 0 Å². The Morgan fingerprint density at radius 3 is 2.24 bits per heavy atom. The van der Waals surface area contributed by atoms with E-state index in [1.54, 1.807) is 6.92 Å². The number of aryl methyl sites for hydroxylation is 2. The lowest BCUT2D eigenvalue weighted by Crippen LogP contribution is -1.86. The van der Waals surface area contributed by atoms with Crippen molar-refractivity contribution in [2.24, 2.45) is 0 Å². The molecule has 3 N–H and O–H groups in total. The molecule has 2 rings (SSSR count). The molecule has 0 saturated carbocycles. The number of aromatic hydroxyl groups is 3. The zero-order valence-corrected chi connectivity index (χ0v) is 9.73. The average Bonchev–Trinajstić information content (AvgIpc) is 2.26. The SMILES string of the molecule is Cc1cccc(-c2c(C)cc(O)c(O)c2O)c1. The number of phenolic OH excluding ortho intramolecular Hbond substituents is 3. The molecule has 0 heterocycles. The second-order valence-corrected chi connectivity index (χ2v) is 4.15. The molecular formula is C14H14O3. The standard InChI is InChI=1S/C14H14O3/c1-8-4-3-5-10(6-8)12-9(2)7-11(15)13(16)14(12)17/h3-7,15-17H,1-2H3. The van der Waals surface area contributed by atoms with Crippen molar-refractivity contribution in [2.75, 3.05) is 0 Å². The first-order valence-electron chi connectivity index (χ1n) is 5.32. The van der Waals surface area contributed by atoms with Gasteiger partial charge in [-0.25, -0.2) is 0 Å². The van der Waals surface area contributed by atoms with Gasteiger partial charge in [0, 0.05) is 5.56 Å². The van der Waals surface area contributed by atoms with Crippen molar-refractivity contribution >= 4 is 0 Å². The maximum atomic E-state index is 9.89. The molecule has 0 saturated heterocycles. The van der Waals surface area contributed by atoms with Crippen molar-refractivity contribution in [3.63, 3.8) is 0 Å². The first kappa shape index (κ1) is 11.3. The van der Waals surface area contributed by atoms with E-state index < -0.39 is 5.75 Å². The second-order valence-electron chi connectivity index (χ2n) is 4.15. The number of hydrogen-bond donors (Lipinski definition) is 3. The number of benzene rings is 2. The van der Waals surface area contributed by atoms with Crippen molar-refractivity contribution in [1.29, 1.82) is 0 Å². The molecule has 0 atom stereocenters. The van der Waals surface area contributed by atoms with Crippen LogP contribution in [0.3, 0.4) is 0 Å². The Bertz CT molecular complexity index is 574. The maximum absolute atomic E-state index is 9.89. The second kappa shape index (κ2) is 4.01. The van der Waals surface area contributed by atoms with Crippen molar-refractivity contribution in [3.8, 4) is 28.4 Å². The van der Waals surface area contributed by atoms with Crippen LogP contribution in [0.2, 0.25) is 0 Å². The summed E-state index contributed by atoms with van der Waals surface area (Å²) in [5.74, 6) is -1.07. The molecule has 3 nitrogen and oxygen atoms in total. The van der Waals surface area contributed by atoms with Crippen LogP contribution in [-0.4, -0.2) is 15.3 Å². The minimum Gasteiger partial charge on any atom is -0.504 e. The Labute approximate surface area is 99.6 Å². The molecule has 0 aliphatic carbocycles. The summed E-state index contributed by atoms with van der Waals surface area (Å²) in [6.07, 6.45) is 0. The van der Waals surface area contributed by atoms with E-state index in [1.165, 1.54) is 6.07 Å². The van der Waals surface area contributed by atoms with E-state index in [0.29, 0.717) is 11.1 Å². The molecular weight excluding hydrogens is 216 g/mol. The van der Waals surface area contributed by atoms with E-state index in [1.807, 2.05) is 31.2 Å². The van der Waals surface area contributed by atoms with Gasteiger partial charge in [0.1, 0.15) is 0 Å². The fourth-order valence-corrected chi connectivity index (χ4v) is 1.94. The molecule has 0 amide bonds. The Morgan fingerprint density at radius 1 is 0.882 bits per heavy atom. The number of phenols is 3. The lowest BCUT2D eigenvalue weighted by Gasteiger charge is -2.12. The highest BCUT2D eigenvalue weighted by Gasteiger charge is 2.15. The minimum atomic E-state index is -0.480. The van der Waals surface area contributed by atoms with E-state index >= 15 is 0 Å². The highest BCUT2D eigenvalue weighted by Crippen LogP contribution is 2.44. The largest absolute Gasteiger partial charge is 0.504 e. The topological polar surface area (TPSA) is 60.7 Å². The predicted octanol–water partition coefficient (Wildman–Crippen LogP) is 3.09. The van der Waals surface area contributed by atoms with Gasteiger partial charge in [-0.2, -0.15) is 0 Å². The van der Waals surface area contributed by atoms with Crippen LogP contribution in [0.4, 0.5) is 0 Å². The van der Waals surface area contributed by atoms with Gasteiger partial charge < -0.3 is 15.3 Å². The van der Waals surface area contributed by atoms with E-state index in [9.17, 15) is 15.3 Å². The minimum absolute atomic E-state index is 0.284. The Kier molecular flexibility index (Phi) is 2.68. The van der Waals surface area contributed by atoms with Crippen LogP contribution in [-0.2, 0) is 0 Å². The van der Waals surface area contributed by atoms with Crippen LogP contribution in [0.25, 0.3) is 11.1 Å². The highest BCUT2D eigenvalue weighted by atomic mass is 16.3. The summed E-state index contributed by atoms with van der Waals surface area (Å²) in [7, 11) is 0. The van der Waals surface area contributed by atoms with Gasteiger partial charge in [0.05, 0.1) is 0 Å². The van der Waals surface area contributed by atoms with Crippen LogP contribution >= 0.6 is 0 Å². The summed E-state index contributed by atoms with van der Waals surface area (Å²) >= 11 is 0. The van der Waals surface area contributed by atoms with Crippen LogP contribution in [0.1, 0.15) is 11.1 Å². The lowest BCUT2D eigenvalue weighted by atomic mass is 9.97. The molecule has 0 fully saturated rings. The van der Waals surface area contributed by atoms with Crippen LogP contribution in [0.15, 0.2) is 30.3 Å². The van der Waals surface area contributed by atoms with Crippen molar-refractivity contribution < 1.29 is 15.3 Å². The van der Waals surface area contributed by atoms with Crippen molar-refractivity contribution in [2.45, 2.75) is 13.8 Å². The van der Waals surface area contributed by atoms with Gasteiger partial charge in [0.25, 0.3) is 0 Å². The molecule has 17 heavy (non-hydrogen) atoms.